The monoisotopic (exact) mass is 357 g/mol. The van der Waals surface area contributed by atoms with Crippen molar-refractivity contribution in [1.82, 2.24) is 4.57 Å². The number of nitrogens with one attached hydrogen (secondary N) is 1. The van der Waals surface area contributed by atoms with Crippen LogP contribution in [-0.4, -0.2) is 48.9 Å². The van der Waals surface area contributed by atoms with Crippen molar-refractivity contribution in [2.75, 3.05) is 36.5 Å². The summed E-state index contributed by atoms with van der Waals surface area (Å²) in [6.45, 7) is 4.72. The first-order valence-corrected chi connectivity index (χ1v) is 8.60. The highest BCUT2D eigenvalue weighted by Gasteiger charge is 2.20. The Morgan fingerprint density at radius 3 is 2.46 bits per heavy atom. The summed E-state index contributed by atoms with van der Waals surface area (Å²) in [5.74, 6) is -0.894. The Kier molecular flexibility index (Phi) is 5.58. The quantitative estimate of drug-likeness (QED) is 0.829. The maximum atomic E-state index is 12.3. The fourth-order valence-corrected chi connectivity index (χ4v) is 2.77. The van der Waals surface area contributed by atoms with Crippen LogP contribution in [-0.2, 0) is 21.3 Å². The summed E-state index contributed by atoms with van der Waals surface area (Å²) in [7, 11) is 1.75. The van der Waals surface area contributed by atoms with Gasteiger partial charge in [0.05, 0.1) is 13.2 Å². The number of amides is 1. The van der Waals surface area contributed by atoms with Crippen LogP contribution in [0, 0.1) is 0 Å². The molecule has 2 heterocycles. The zero-order valence-electron chi connectivity index (χ0n) is 15.0. The summed E-state index contributed by atoms with van der Waals surface area (Å²) < 4.78 is 12.2. The Labute approximate surface area is 152 Å². The molecule has 0 radical (unpaired) electrons. The van der Waals surface area contributed by atoms with Gasteiger partial charge in [0, 0.05) is 37.7 Å². The van der Waals surface area contributed by atoms with Crippen molar-refractivity contribution in [2.45, 2.75) is 13.0 Å². The topological polar surface area (TPSA) is 72.8 Å². The third-order valence-electron chi connectivity index (χ3n) is 4.32. The third kappa shape index (κ3) is 4.23. The lowest BCUT2D eigenvalue weighted by atomic mass is 10.2. The van der Waals surface area contributed by atoms with Crippen LogP contribution in [0.3, 0.4) is 0 Å². The zero-order valence-corrected chi connectivity index (χ0v) is 15.0. The van der Waals surface area contributed by atoms with Crippen molar-refractivity contribution in [1.29, 1.82) is 0 Å². The van der Waals surface area contributed by atoms with Gasteiger partial charge >= 0.3 is 5.97 Å². The first-order chi connectivity index (χ1) is 12.5. The van der Waals surface area contributed by atoms with Crippen molar-refractivity contribution in [3.8, 4) is 0 Å². The smallest absolute Gasteiger partial charge is 0.355 e. The summed E-state index contributed by atoms with van der Waals surface area (Å²) in [6.07, 6.45) is 0.855. The maximum absolute atomic E-state index is 12.3. The molecule has 0 spiro atoms. The number of morpholine rings is 1. The number of aromatic nitrogens is 1. The van der Waals surface area contributed by atoms with E-state index in [1.165, 1.54) is 0 Å². The molecule has 1 amide bonds. The number of hydrogen-bond acceptors (Lipinski definition) is 5. The fourth-order valence-electron chi connectivity index (χ4n) is 2.77. The average Bonchev–Trinajstić information content (AvgIpc) is 3.09. The number of nitrogens with zero attached hydrogens (tertiary/aromatic N) is 2. The number of anilines is 2. The summed E-state index contributed by atoms with van der Waals surface area (Å²) in [6, 6.07) is 11.0. The third-order valence-corrected chi connectivity index (χ3v) is 4.32. The predicted octanol–water partition coefficient (Wildman–Crippen LogP) is 2.05. The molecule has 26 heavy (non-hydrogen) atoms. The molecule has 1 aliphatic heterocycles. The highest BCUT2D eigenvalue weighted by molar-refractivity contribution is 5.97. The van der Waals surface area contributed by atoms with E-state index in [-0.39, 0.29) is 5.91 Å². The standard InChI is InChI=1S/C19H23N3O4/c1-14(26-19(24)17-4-3-9-21(17)2)18(23)20-15-5-7-16(8-6-15)22-10-12-25-13-11-22/h3-9,14H,10-13H2,1-2H3,(H,20,23)/t14-/m1/s1. The minimum absolute atomic E-state index is 0.369. The largest absolute Gasteiger partial charge is 0.448 e. The van der Waals surface area contributed by atoms with Gasteiger partial charge < -0.3 is 24.3 Å². The molecule has 1 saturated heterocycles. The predicted molar refractivity (Wildman–Crippen MR) is 98.4 cm³/mol. The second kappa shape index (κ2) is 8.05. The van der Waals surface area contributed by atoms with Crippen LogP contribution in [0.5, 0.6) is 0 Å². The molecule has 1 aromatic heterocycles. The molecule has 1 fully saturated rings. The number of benzene rings is 1. The number of esters is 1. The van der Waals surface area contributed by atoms with Crippen LogP contribution in [0.15, 0.2) is 42.6 Å². The number of aryl methyl sites for hydroxylation is 1. The van der Waals surface area contributed by atoms with Crippen molar-refractivity contribution < 1.29 is 19.1 Å². The lowest BCUT2D eigenvalue weighted by Crippen LogP contribution is -2.36. The first-order valence-electron chi connectivity index (χ1n) is 8.60. The zero-order chi connectivity index (χ0) is 18.5. The molecule has 3 rings (SSSR count). The molecule has 138 valence electrons. The normalized spacial score (nSPS) is 15.4. The van der Waals surface area contributed by atoms with Gasteiger partial charge in [0.1, 0.15) is 5.69 Å². The fraction of sp³-hybridized carbons (Fsp3) is 0.368. The SMILES string of the molecule is C[C@@H](OC(=O)c1cccn1C)C(=O)Nc1ccc(N2CCOCC2)cc1. The average molecular weight is 357 g/mol. The lowest BCUT2D eigenvalue weighted by Gasteiger charge is -2.28. The summed E-state index contributed by atoms with van der Waals surface area (Å²) in [5, 5.41) is 2.77. The van der Waals surface area contributed by atoms with Crippen LogP contribution in [0.2, 0.25) is 0 Å². The van der Waals surface area contributed by atoms with Crippen LogP contribution in [0.4, 0.5) is 11.4 Å². The first kappa shape index (κ1) is 18.0. The summed E-state index contributed by atoms with van der Waals surface area (Å²) in [4.78, 5) is 26.6. The van der Waals surface area contributed by atoms with Gasteiger partial charge in [0.25, 0.3) is 5.91 Å². The van der Waals surface area contributed by atoms with E-state index in [0.717, 1.165) is 32.0 Å². The van der Waals surface area contributed by atoms with Crippen LogP contribution in [0.25, 0.3) is 0 Å². The van der Waals surface area contributed by atoms with E-state index >= 15 is 0 Å². The number of ether oxygens (including phenoxy) is 2. The maximum Gasteiger partial charge on any atom is 0.355 e. The van der Waals surface area contributed by atoms with Gasteiger partial charge in [-0.3, -0.25) is 4.79 Å². The van der Waals surface area contributed by atoms with E-state index in [0.29, 0.717) is 11.4 Å². The number of carbonyl (C=O) groups excluding carboxylic acids is 2. The van der Waals surface area contributed by atoms with Crippen molar-refractivity contribution in [3.05, 3.63) is 48.3 Å². The van der Waals surface area contributed by atoms with Crippen molar-refractivity contribution in [3.63, 3.8) is 0 Å². The van der Waals surface area contributed by atoms with Crippen LogP contribution < -0.4 is 10.2 Å². The van der Waals surface area contributed by atoms with E-state index < -0.39 is 12.1 Å². The van der Waals surface area contributed by atoms with E-state index in [2.05, 4.69) is 10.2 Å². The minimum atomic E-state index is -0.892. The molecule has 1 aromatic carbocycles. The Balaban J connectivity index is 1.55. The molecule has 7 heteroatoms. The van der Waals surface area contributed by atoms with E-state index in [4.69, 9.17) is 9.47 Å². The molecule has 0 aliphatic carbocycles. The van der Waals surface area contributed by atoms with Gasteiger partial charge in [0.2, 0.25) is 0 Å². The molecule has 1 atom stereocenters. The van der Waals surface area contributed by atoms with Gasteiger partial charge in [-0.25, -0.2) is 4.79 Å². The molecule has 1 aliphatic rings. The van der Waals surface area contributed by atoms with E-state index in [9.17, 15) is 9.59 Å². The lowest BCUT2D eigenvalue weighted by molar-refractivity contribution is -0.123. The highest BCUT2D eigenvalue weighted by Crippen LogP contribution is 2.19. The Bertz CT molecular complexity index is 763. The molecule has 0 bridgehead atoms. The molecule has 1 N–H and O–H groups in total. The van der Waals surface area contributed by atoms with E-state index in [1.54, 1.807) is 36.9 Å². The molecule has 0 saturated carbocycles. The number of carbonyl (C=O) groups is 2. The Morgan fingerprint density at radius 1 is 1.15 bits per heavy atom. The minimum Gasteiger partial charge on any atom is -0.448 e. The highest BCUT2D eigenvalue weighted by atomic mass is 16.5. The van der Waals surface area contributed by atoms with E-state index in [1.807, 2.05) is 24.3 Å². The second-order valence-corrected chi connectivity index (χ2v) is 6.19. The molecule has 2 aromatic rings. The second-order valence-electron chi connectivity index (χ2n) is 6.19. The number of hydrogen-bond donors (Lipinski definition) is 1. The van der Waals surface area contributed by atoms with Crippen molar-refractivity contribution >= 4 is 23.3 Å². The van der Waals surface area contributed by atoms with Gasteiger partial charge in [-0.05, 0) is 43.3 Å². The summed E-state index contributed by atoms with van der Waals surface area (Å²) >= 11 is 0. The molecular weight excluding hydrogens is 334 g/mol. The Hall–Kier alpha value is -2.80. The van der Waals surface area contributed by atoms with Crippen LogP contribution >= 0.6 is 0 Å². The molecule has 7 nitrogen and oxygen atoms in total. The van der Waals surface area contributed by atoms with Gasteiger partial charge in [0.15, 0.2) is 6.10 Å². The van der Waals surface area contributed by atoms with Gasteiger partial charge in [-0.1, -0.05) is 0 Å². The Morgan fingerprint density at radius 2 is 1.85 bits per heavy atom. The summed E-state index contributed by atoms with van der Waals surface area (Å²) in [5.41, 5.74) is 2.16. The van der Waals surface area contributed by atoms with Gasteiger partial charge in [-0.15, -0.1) is 0 Å². The molecular formula is C19H23N3O4. The molecule has 0 unspecified atom stereocenters. The van der Waals surface area contributed by atoms with Crippen LogP contribution in [0.1, 0.15) is 17.4 Å². The van der Waals surface area contributed by atoms with Crippen molar-refractivity contribution in [2.24, 2.45) is 7.05 Å². The van der Waals surface area contributed by atoms with Gasteiger partial charge in [-0.2, -0.15) is 0 Å². The number of rotatable bonds is 5.